The summed E-state index contributed by atoms with van der Waals surface area (Å²) in [6, 6.07) is 8.78. The third-order valence-electron chi connectivity index (χ3n) is 2.57. The molecule has 1 aromatic carbocycles. The summed E-state index contributed by atoms with van der Waals surface area (Å²) >= 11 is 7.68. The van der Waals surface area contributed by atoms with Crippen molar-refractivity contribution < 1.29 is 4.52 Å². The number of benzene rings is 1. The van der Waals surface area contributed by atoms with Gasteiger partial charge in [0.15, 0.2) is 5.82 Å². The van der Waals surface area contributed by atoms with Crippen molar-refractivity contribution in [2.24, 2.45) is 0 Å². The lowest BCUT2D eigenvalue weighted by Gasteiger charge is -2.00. The van der Waals surface area contributed by atoms with Gasteiger partial charge in [0.05, 0.1) is 10.8 Å². The monoisotopic (exact) mass is 281 g/mol. The average Bonchev–Trinajstić information content (AvgIpc) is 3.06. The van der Waals surface area contributed by atoms with Crippen LogP contribution in [0.1, 0.15) is 18.7 Å². The molecule has 1 aromatic heterocycles. The maximum Gasteiger partial charge on any atom is 0.321 e. The van der Waals surface area contributed by atoms with Crippen LogP contribution in [0.3, 0.4) is 0 Å². The van der Waals surface area contributed by atoms with Gasteiger partial charge in [0.1, 0.15) is 0 Å². The Labute approximate surface area is 114 Å². The molecule has 0 aliphatic heterocycles. The van der Waals surface area contributed by atoms with Gasteiger partial charge in [-0.1, -0.05) is 28.9 Å². The number of nitrogens with one attached hydrogen (secondary N) is 1. The Morgan fingerprint density at radius 3 is 3.00 bits per heavy atom. The van der Waals surface area contributed by atoms with Crippen LogP contribution in [0, 0.1) is 0 Å². The summed E-state index contributed by atoms with van der Waals surface area (Å²) in [5, 5.41) is 7.85. The molecular formula is C12H12ClN3OS. The maximum atomic E-state index is 6.08. The smallest absolute Gasteiger partial charge is 0.321 e. The number of hydrogen-bond donors (Lipinski definition) is 1. The summed E-state index contributed by atoms with van der Waals surface area (Å²) < 4.78 is 5.12. The van der Waals surface area contributed by atoms with Crippen LogP contribution in [0.2, 0.25) is 5.02 Å². The molecule has 0 amide bonds. The molecule has 0 saturated heterocycles. The van der Waals surface area contributed by atoms with E-state index in [2.05, 4.69) is 15.5 Å². The van der Waals surface area contributed by atoms with E-state index in [9.17, 15) is 0 Å². The Balaban J connectivity index is 1.59. The molecule has 0 radical (unpaired) electrons. The quantitative estimate of drug-likeness (QED) is 0.849. The molecule has 1 aliphatic carbocycles. The molecule has 1 saturated carbocycles. The number of aromatic nitrogens is 2. The Bertz CT molecular complexity index is 542. The van der Waals surface area contributed by atoms with E-state index in [-0.39, 0.29) is 0 Å². The van der Waals surface area contributed by atoms with Crippen LogP contribution >= 0.6 is 23.4 Å². The lowest BCUT2D eigenvalue weighted by Crippen LogP contribution is -2.00. The van der Waals surface area contributed by atoms with Crippen LogP contribution in [-0.4, -0.2) is 16.2 Å². The second-order valence-electron chi connectivity index (χ2n) is 4.15. The van der Waals surface area contributed by atoms with Crippen molar-refractivity contribution in [1.29, 1.82) is 0 Å². The fourth-order valence-corrected chi connectivity index (χ4v) is 2.56. The highest BCUT2D eigenvalue weighted by Gasteiger charge is 2.23. The van der Waals surface area contributed by atoms with Crippen molar-refractivity contribution >= 4 is 29.4 Å². The minimum Gasteiger partial charge on any atom is -0.335 e. The summed E-state index contributed by atoms with van der Waals surface area (Å²) in [6.07, 6.45) is 2.37. The van der Waals surface area contributed by atoms with E-state index in [0.29, 0.717) is 23.6 Å². The fourth-order valence-electron chi connectivity index (χ4n) is 1.48. The number of anilines is 1. The second kappa shape index (κ2) is 5.20. The molecule has 6 heteroatoms. The van der Waals surface area contributed by atoms with Crippen molar-refractivity contribution in [3.8, 4) is 0 Å². The first kappa shape index (κ1) is 11.9. The number of rotatable bonds is 5. The zero-order valence-electron chi connectivity index (χ0n) is 9.60. The molecule has 0 bridgehead atoms. The Morgan fingerprint density at radius 1 is 1.39 bits per heavy atom. The predicted octanol–water partition coefficient (Wildman–Crippen LogP) is 3.59. The van der Waals surface area contributed by atoms with Gasteiger partial charge in [-0.2, -0.15) is 4.98 Å². The van der Waals surface area contributed by atoms with Crippen molar-refractivity contribution in [2.45, 2.75) is 29.5 Å². The van der Waals surface area contributed by atoms with Gasteiger partial charge in [-0.05, 0) is 25.0 Å². The largest absolute Gasteiger partial charge is 0.335 e. The zero-order chi connectivity index (χ0) is 12.4. The molecule has 1 fully saturated rings. The molecule has 1 heterocycles. The molecule has 0 unspecified atom stereocenters. The van der Waals surface area contributed by atoms with Crippen LogP contribution in [0.25, 0.3) is 0 Å². The summed E-state index contributed by atoms with van der Waals surface area (Å²) in [5.41, 5.74) is 0. The number of nitrogens with zero attached hydrogens (tertiary/aromatic N) is 2. The maximum absolute atomic E-state index is 6.08. The summed E-state index contributed by atoms with van der Waals surface area (Å²) in [6.45, 7) is 0. The predicted molar refractivity (Wildman–Crippen MR) is 72.0 cm³/mol. The lowest BCUT2D eigenvalue weighted by atomic mass is 10.4. The first-order chi connectivity index (χ1) is 8.81. The van der Waals surface area contributed by atoms with Gasteiger partial charge in [-0.25, -0.2) is 0 Å². The van der Waals surface area contributed by atoms with E-state index in [4.69, 9.17) is 16.1 Å². The first-order valence-electron chi connectivity index (χ1n) is 5.78. The van der Waals surface area contributed by atoms with E-state index in [1.165, 1.54) is 12.8 Å². The van der Waals surface area contributed by atoms with Gasteiger partial charge < -0.3 is 9.84 Å². The number of halogens is 1. The Morgan fingerprint density at radius 2 is 2.22 bits per heavy atom. The second-order valence-corrected chi connectivity index (χ2v) is 5.58. The summed E-state index contributed by atoms with van der Waals surface area (Å²) in [5.74, 6) is 1.34. The zero-order valence-corrected chi connectivity index (χ0v) is 11.2. The standard InChI is InChI=1S/C12H12ClN3OS/c13-9-3-1-2-4-10(9)18-7-11-15-12(17-16-11)14-8-5-6-8/h1-4,8H,5-7H2,(H,14,15,16). The minimum absolute atomic E-state index is 0.521. The topological polar surface area (TPSA) is 51.0 Å². The van der Waals surface area contributed by atoms with Crippen molar-refractivity contribution in [3.63, 3.8) is 0 Å². The molecule has 3 rings (SSSR count). The lowest BCUT2D eigenvalue weighted by molar-refractivity contribution is 0.424. The molecule has 4 nitrogen and oxygen atoms in total. The summed E-state index contributed by atoms with van der Waals surface area (Å²) in [4.78, 5) is 5.31. The van der Waals surface area contributed by atoms with Gasteiger partial charge in [0, 0.05) is 10.9 Å². The van der Waals surface area contributed by atoms with Gasteiger partial charge >= 0.3 is 6.01 Å². The van der Waals surface area contributed by atoms with Gasteiger partial charge in [-0.15, -0.1) is 11.8 Å². The highest BCUT2D eigenvalue weighted by Crippen LogP contribution is 2.29. The molecule has 1 N–H and O–H groups in total. The van der Waals surface area contributed by atoms with Gasteiger partial charge in [-0.3, -0.25) is 0 Å². The van der Waals surface area contributed by atoms with E-state index in [1.807, 2.05) is 24.3 Å². The van der Waals surface area contributed by atoms with Crippen LogP contribution in [0.15, 0.2) is 33.7 Å². The van der Waals surface area contributed by atoms with Crippen molar-refractivity contribution in [1.82, 2.24) is 10.1 Å². The SMILES string of the molecule is Clc1ccccc1SCc1noc(NC2CC2)n1. The molecule has 2 aromatic rings. The third-order valence-corrected chi connectivity index (χ3v) is 4.08. The first-order valence-corrected chi connectivity index (χ1v) is 7.14. The molecule has 1 aliphatic rings. The minimum atomic E-state index is 0.521. The van der Waals surface area contributed by atoms with Crippen LogP contribution in [0.4, 0.5) is 6.01 Å². The molecule has 94 valence electrons. The fraction of sp³-hybridized carbons (Fsp3) is 0.333. The van der Waals surface area contributed by atoms with Gasteiger partial charge in [0.25, 0.3) is 0 Å². The van der Waals surface area contributed by atoms with E-state index >= 15 is 0 Å². The van der Waals surface area contributed by atoms with E-state index < -0.39 is 0 Å². The van der Waals surface area contributed by atoms with Gasteiger partial charge in [0.2, 0.25) is 0 Å². The molecule has 0 spiro atoms. The van der Waals surface area contributed by atoms with Crippen LogP contribution in [0.5, 0.6) is 0 Å². The Kier molecular flexibility index (Phi) is 3.43. The normalized spacial score (nSPS) is 14.7. The molecule has 18 heavy (non-hydrogen) atoms. The molecule has 0 atom stereocenters. The Hall–Kier alpha value is -1.20. The van der Waals surface area contributed by atoms with E-state index in [0.717, 1.165) is 9.92 Å². The number of hydrogen-bond acceptors (Lipinski definition) is 5. The van der Waals surface area contributed by atoms with E-state index in [1.54, 1.807) is 11.8 Å². The van der Waals surface area contributed by atoms with Crippen LogP contribution in [-0.2, 0) is 5.75 Å². The highest BCUT2D eigenvalue weighted by atomic mass is 35.5. The average molecular weight is 282 g/mol. The third kappa shape index (κ3) is 2.97. The van der Waals surface area contributed by atoms with Crippen LogP contribution < -0.4 is 5.32 Å². The molecular weight excluding hydrogens is 270 g/mol. The van der Waals surface area contributed by atoms with Crippen molar-refractivity contribution in [3.05, 3.63) is 35.1 Å². The summed E-state index contributed by atoms with van der Waals surface area (Å²) in [7, 11) is 0. The highest BCUT2D eigenvalue weighted by molar-refractivity contribution is 7.98. The van der Waals surface area contributed by atoms with Crippen molar-refractivity contribution in [2.75, 3.05) is 5.32 Å². The number of thioether (sulfide) groups is 1.